The Kier molecular flexibility index (Phi) is 3.36. The van der Waals surface area contributed by atoms with Crippen LogP contribution < -0.4 is 14.2 Å². The quantitative estimate of drug-likeness (QED) is 0.910. The van der Waals surface area contributed by atoms with Crippen LogP contribution in [-0.4, -0.2) is 40.1 Å². The minimum absolute atomic E-state index is 0.0579. The van der Waals surface area contributed by atoms with Crippen molar-refractivity contribution in [2.75, 3.05) is 13.4 Å². The Balaban J connectivity index is 1.82. The van der Waals surface area contributed by atoms with Gasteiger partial charge in [0.2, 0.25) is 10.0 Å². The van der Waals surface area contributed by atoms with E-state index in [0.29, 0.717) is 30.8 Å². The van der Waals surface area contributed by atoms with Gasteiger partial charge in [0.05, 0.1) is 13.4 Å². The summed E-state index contributed by atoms with van der Waals surface area (Å²) in [6.07, 6.45) is 1.27. The highest BCUT2D eigenvalue weighted by Gasteiger charge is 2.54. The summed E-state index contributed by atoms with van der Waals surface area (Å²) >= 11 is 0. The van der Waals surface area contributed by atoms with E-state index in [4.69, 9.17) is 9.47 Å². The zero-order valence-corrected chi connectivity index (χ0v) is 13.9. The molecule has 0 saturated heterocycles. The minimum Gasteiger partial charge on any atom is -0.493 e. The maximum absolute atomic E-state index is 14.4. The first-order valence-corrected chi connectivity index (χ1v) is 9.76. The Labute approximate surface area is 135 Å². The van der Waals surface area contributed by atoms with Gasteiger partial charge in [-0.2, -0.15) is 0 Å². The molecule has 3 unspecified atom stereocenters. The van der Waals surface area contributed by atoms with Crippen molar-refractivity contribution in [1.29, 1.82) is 0 Å². The van der Waals surface area contributed by atoms with Crippen LogP contribution in [-0.2, 0) is 16.4 Å². The predicted octanol–water partition coefficient (Wildman–Crippen LogP) is 1.76. The van der Waals surface area contributed by atoms with Gasteiger partial charge < -0.3 is 9.47 Å². The van der Waals surface area contributed by atoms with Crippen molar-refractivity contribution >= 4 is 10.0 Å². The van der Waals surface area contributed by atoms with E-state index in [1.54, 1.807) is 7.11 Å². The smallest absolute Gasteiger partial charge is 0.208 e. The first-order valence-electron chi connectivity index (χ1n) is 7.87. The molecule has 0 aromatic heterocycles. The number of ether oxygens (including phenoxy) is 2. The summed E-state index contributed by atoms with van der Waals surface area (Å²) in [5, 5.41) is 0. The van der Waals surface area contributed by atoms with Gasteiger partial charge in [0.25, 0.3) is 0 Å². The Bertz CT molecular complexity index is 751. The summed E-state index contributed by atoms with van der Waals surface area (Å²) in [6, 6.07) is 3.55. The molecule has 1 aromatic rings. The van der Waals surface area contributed by atoms with Crippen LogP contribution in [0.4, 0.5) is 4.39 Å². The lowest BCUT2D eigenvalue weighted by atomic mass is 9.65. The Morgan fingerprint density at radius 1 is 1.35 bits per heavy atom. The second kappa shape index (κ2) is 5.08. The number of alkyl halides is 1. The Morgan fingerprint density at radius 2 is 2.13 bits per heavy atom. The monoisotopic (exact) mass is 341 g/mol. The van der Waals surface area contributed by atoms with E-state index in [0.717, 1.165) is 11.1 Å². The molecule has 4 rings (SSSR count). The molecular weight excluding hydrogens is 321 g/mol. The fraction of sp³-hybridized carbons (Fsp3) is 0.625. The molecule has 1 fully saturated rings. The van der Waals surface area contributed by atoms with E-state index in [1.165, 1.54) is 6.26 Å². The van der Waals surface area contributed by atoms with E-state index in [1.807, 2.05) is 12.1 Å². The van der Waals surface area contributed by atoms with Crippen LogP contribution in [0.3, 0.4) is 0 Å². The molecule has 5 atom stereocenters. The van der Waals surface area contributed by atoms with Gasteiger partial charge in [-0.1, -0.05) is 6.07 Å². The largest absolute Gasteiger partial charge is 0.493 e. The van der Waals surface area contributed by atoms with Gasteiger partial charge in [0.1, 0.15) is 12.3 Å². The first kappa shape index (κ1) is 15.2. The Hall–Kier alpha value is -1.34. The molecule has 1 saturated carbocycles. The lowest BCUT2D eigenvalue weighted by Gasteiger charge is -2.42. The van der Waals surface area contributed by atoms with E-state index in [9.17, 15) is 12.8 Å². The molecule has 0 bridgehead atoms. The lowest BCUT2D eigenvalue weighted by Crippen LogP contribution is -2.51. The number of benzene rings is 1. The molecule has 126 valence electrons. The highest BCUT2D eigenvalue weighted by molar-refractivity contribution is 7.88. The normalized spacial score (nSPS) is 34.7. The van der Waals surface area contributed by atoms with Crippen LogP contribution in [0.25, 0.3) is 0 Å². The summed E-state index contributed by atoms with van der Waals surface area (Å²) in [5.74, 6) is 1.22. The topological polar surface area (TPSA) is 64.6 Å². The number of nitrogens with one attached hydrogen (secondary N) is 1. The fourth-order valence-electron chi connectivity index (χ4n) is 4.52. The molecule has 0 spiro atoms. The molecule has 1 heterocycles. The van der Waals surface area contributed by atoms with Crippen molar-refractivity contribution in [2.24, 2.45) is 5.92 Å². The van der Waals surface area contributed by atoms with Crippen molar-refractivity contribution in [1.82, 2.24) is 4.72 Å². The minimum atomic E-state index is -3.31. The van der Waals surface area contributed by atoms with E-state index >= 15 is 0 Å². The molecule has 5 nitrogen and oxygen atoms in total. The first-order chi connectivity index (χ1) is 10.9. The Morgan fingerprint density at radius 3 is 2.83 bits per heavy atom. The standard InChI is InChI=1S/C16H20FNO4S/c1-21-12-6-3-8-7-11(18-23(2,19)20)9-4-5-10(17)15-14(9)13(8)16(12)22-15/h3,6,9-11,14-15,18H,4-5,7H2,1-2H3/t9?,10?,11-,14?,15+/m0/s1. The lowest BCUT2D eigenvalue weighted by molar-refractivity contribution is 0.0305. The molecular formula is C16H20FNO4S. The number of halogens is 1. The number of hydrogen-bond donors (Lipinski definition) is 1. The third kappa shape index (κ3) is 2.32. The van der Waals surface area contributed by atoms with Gasteiger partial charge >= 0.3 is 0 Å². The van der Waals surface area contributed by atoms with Crippen LogP contribution in [0.1, 0.15) is 29.9 Å². The molecule has 7 heteroatoms. The van der Waals surface area contributed by atoms with Crippen molar-refractivity contribution in [3.63, 3.8) is 0 Å². The molecule has 0 amide bonds. The van der Waals surface area contributed by atoms with Gasteiger partial charge in [-0.05, 0) is 36.8 Å². The van der Waals surface area contributed by atoms with Gasteiger partial charge in [-0.3, -0.25) is 0 Å². The highest BCUT2D eigenvalue weighted by Crippen LogP contribution is 2.57. The van der Waals surface area contributed by atoms with Crippen LogP contribution in [0.2, 0.25) is 0 Å². The van der Waals surface area contributed by atoms with Gasteiger partial charge in [0.15, 0.2) is 11.5 Å². The summed E-state index contributed by atoms with van der Waals surface area (Å²) in [5.41, 5.74) is 2.05. The number of rotatable bonds is 3. The van der Waals surface area contributed by atoms with Crippen LogP contribution in [0, 0.1) is 5.92 Å². The van der Waals surface area contributed by atoms with Gasteiger partial charge in [-0.25, -0.2) is 17.5 Å². The van der Waals surface area contributed by atoms with Crippen molar-refractivity contribution in [3.8, 4) is 11.5 Å². The maximum atomic E-state index is 14.4. The summed E-state index contributed by atoms with van der Waals surface area (Å²) in [4.78, 5) is 0. The second-order valence-electron chi connectivity index (χ2n) is 6.74. The highest BCUT2D eigenvalue weighted by atomic mass is 32.2. The summed E-state index contributed by atoms with van der Waals surface area (Å²) in [7, 11) is -1.74. The predicted molar refractivity (Wildman–Crippen MR) is 83.2 cm³/mol. The van der Waals surface area contributed by atoms with Crippen molar-refractivity contribution in [2.45, 2.75) is 43.5 Å². The summed E-state index contributed by atoms with van der Waals surface area (Å²) < 4.78 is 51.9. The zero-order chi connectivity index (χ0) is 16.4. The average molecular weight is 341 g/mol. The second-order valence-corrected chi connectivity index (χ2v) is 8.52. The van der Waals surface area contributed by atoms with Gasteiger partial charge in [-0.15, -0.1) is 0 Å². The molecule has 1 aromatic carbocycles. The van der Waals surface area contributed by atoms with Crippen molar-refractivity contribution in [3.05, 3.63) is 23.3 Å². The number of hydrogen-bond acceptors (Lipinski definition) is 4. The van der Waals surface area contributed by atoms with E-state index in [-0.39, 0.29) is 17.9 Å². The molecule has 3 aliphatic rings. The third-order valence-corrected chi connectivity index (χ3v) is 6.06. The number of methoxy groups -OCH3 is 1. The van der Waals surface area contributed by atoms with Crippen LogP contribution in [0.15, 0.2) is 12.1 Å². The van der Waals surface area contributed by atoms with Crippen LogP contribution >= 0.6 is 0 Å². The molecule has 1 N–H and O–H groups in total. The summed E-state index contributed by atoms with van der Waals surface area (Å²) in [6.45, 7) is 0. The van der Waals surface area contributed by atoms with Crippen LogP contribution in [0.5, 0.6) is 11.5 Å². The van der Waals surface area contributed by atoms with E-state index < -0.39 is 22.3 Å². The number of sulfonamides is 1. The zero-order valence-electron chi connectivity index (χ0n) is 13.1. The third-order valence-electron chi connectivity index (χ3n) is 5.33. The molecule has 2 aliphatic carbocycles. The van der Waals surface area contributed by atoms with Crippen molar-refractivity contribution < 1.29 is 22.3 Å². The van der Waals surface area contributed by atoms with Gasteiger partial charge in [0, 0.05) is 17.5 Å². The maximum Gasteiger partial charge on any atom is 0.208 e. The van der Waals surface area contributed by atoms with E-state index in [2.05, 4.69) is 4.72 Å². The molecule has 1 aliphatic heterocycles. The fourth-order valence-corrected chi connectivity index (χ4v) is 5.32. The average Bonchev–Trinajstić information content (AvgIpc) is 2.88. The SMILES string of the molecule is COc1ccc2c3c1O[C@@H]1C(F)CCC(C31)[C@@H](NS(C)(=O)=O)C2. The molecule has 23 heavy (non-hydrogen) atoms. The molecule has 0 radical (unpaired) electrons.